The van der Waals surface area contributed by atoms with E-state index in [0.29, 0.717) is 25.6 Å². The minimum absolute atomic E-state index is 0.0121. The Labute approximate surface area is 92.4 Å². The number of hydrogen-bond acceptors (Lipinski definition) is 3. The van der Waals surface area contributed by atoms with Crippen LogP contribution in [0.4, 0.5) is 0 Å². The molecule has 15 heavy (non-hydrogen) atoms. The summed E-state index contributed by atoms with van der Waals surface area (Å²) >= 11 is 0. The summed E-state index contributed by atoms with van der Waals surface area (Å²) in [7, 11) is -1.59. The molecule has 1 rings (SSSR count). The Bertz CT molecular complexity index is 302. The molecule has 0 radical (unpaired) electrons. The van der Waals surface area contributed by atoms with E-state index in [2.05, 4.69) is 0 Å². The third kappa shape index (κ3) is 2.69. The summed E-state index contributed by atoms with van der Waals surface area (Å²) in [4.78, 5) is 0. The SMILES string of the molecule is CC(C)N1CC(CCN)CN(C)S1(=O)=O. The molecule has 1 heterocycles. The molecule has 0 aliphatic carbocycles. The molecule has 0 saturated carbocycles. The van der Waals surface area contributed by atoms with Crippen LogP contribution < -0.4 is 5.73 Å². The van der Waals surface area contributed by atoms with E-state index in [1.54, 1.807) is 11.4 Å². The molecule has 5 nitrogen and oxygen atoms in total. The molecule has 90 valence electrons. The first-order chi connectivity index (χ1) is 6.89. The van der Waals surface area contributed by atoms with Gasteiger partial charge in [-0.2, -0.15) is 17.0 Å². The first-order valence-electron chi connectivity index (χ1n) is 5.32. The summed E-state index contributed by atoms with van der Waals surface area (Å²) in [6.07, 6.45) is 0.878. The molecule has 0 bridgehead atoms. The molecular weight excluding hydrogens is 214 g/mol. The van der Waals surface area contributed by atoms with Gasteiger partial charge < -0.3 is 5.73 Å². The van der Waals surface area contributed by atoms with Crippen molar-refractivity contribution < 1.29 is 8.42 Å². The molecule has 0 aromatic rings. The number of hydrogen-bond donors (Lipinski definition) is 1. The van der Waals surface area contributed by atoms with E-state index >= 15 is 0 Å². The van der Waals surface area contributed by atoms with E-state index in [-0.39, 0.29) is 6.04 Å². The minimum atomic E-state index is -3.23. The van der Waals surface area contributed by atoms with Gasteiger partial charge in [-0.1, -0.05) is 0 Å². The zero-order chi connectivity index (χ0) is 11.6. The van der Waals surface area contributed by atoms with Crippen molar-refractivity contribution >= 4 is 10.2 Å². The van der Waals surface area contributed by atoms with E-state index < -0.39 is 10.2 Å². The zero-order valence-corrected chi connectivity index (χ0v) is 10.5. The second-order valence-electron chi connectivity index (χ2n) is 4.40. The average molecular weight is 235 g/mol. The van der Waals surface area contributed by atoms with E-state index in [1.165, 1.54) is 4.31 Å². The molecule has 1 fully saturated rings. The zero-order valence-electron chi connectivity index (χ0n) is 9.68. The first kappa shape index (κ1) is 12.9. The summed E-state index contributed by atoms with van der Waals surface area (Å²) in [5, 5.41) is 0. The molecular formula is C9H21N3O2S. The van der Waals surface area contributed by atoms with Gasteiger partial charge in [-0.05, 0) is 32.7 Å². The van der Waals surface area contributed by atoms with Gasteiger partial charge in [-0.3, -0.25) is 0 Å². The number of nitrogens with zero attached hydrogens (tertiary/aromatic N) is 2. The summed E-state index contributed by atoms with van der Waals surface area (Å²) < 4.78 is 26.8. The Morgan fingerprint density at radius 2 is 2.00 bits per heavy atom. The Morgan fingerprint density at radius 1 is 1.40 bits per heavy atom. The Kier molecular flexibility index (Phi) is 4.11. The maximum atomic E-state index is 11.9. The fourth-order valence-corrected chi connectivity index (χ4v) is 3.63. The Balaban J connectivity index is 2.83. The second-order valence-corrected chi connectivity index (χ2v) is 6.38. The summed E-state index contributed by atoms with van der Waals surface area (Å²) in [6.45, 7) is 5.60. The van der Waals surface area contributed by atoms with E-state index in [9.17, 15) is 8.42 Å². The lowest BCUT2D eigenvalue weighted by Crippen LogP contribution is -2.54. The van der Waals surface area contributed by atoms with Crippen LogP contribution in [0.2, 0.25) is 0 Å². The van der Waals surface area contributed by atoms with Crippen LogP contribution in [0.3, 0.4) is 0 Å². The highest BCUT2D eigenvalue weighted by atomic mass is 32.2. The minimum Gasteiger partial charge on any atom is -0.330 e. The highest BCUT2D eigenvalue weighted by Gasteiger charge is 2.36. The van der Waals surface area contributed by atoms with Crippen molar-refractivity contribution in [1.29, 1.82) is 0 Å². The van der Waals surface area contributed by atoms with Crippen molar-refractivity contribution in [3.05, 3.63) is 0 Å². The van der Waals surface area contributed by atoms with Crippen LogP contribution in [-0.4, -0.2) is 49.8 Å². The molecule has 1 unspecified atom stereocenters. The third-order valence-electron chi connectivity index (χ3n) is 2.79. The van der Waals surface area contributed by atoms with E-state index in [4.69, 9.17) is 5.73 Å². The van der Waals surface area contributed by atoms with Crippen LogP contribution in [0.15, 0.2) is 0 Å². The average Bonchev–Trinajstić information content (AvgIpc) is 2.11. The van der Waals surface area contributed by atoms with Gasteiger partial charge in [0, 0.05) is 26.2 Å². The summed E-state index contributed by atoms with van der Waals surface area (Å²) in [5.74, 6) is 0.353. The van der Waals surface area contributed by atoms with Crippen LogP contribution in [0.5, 0.6) is 0 Å². The molecule has 2 N–H and O–H groups in total. The molecule has 6 heteroatoms. The molecule has 1 aliphatic rings. The standard InChI is InChI=1S/C9H21N3O2S/c1-8(2)12-7-9(4-5-10)6-11(3)15(12,13)14/h8-9H,4-7,10H2,1-3H3. The third-order valence-corrected chi connectivity index (χ3v) is 4.89. The second kappa shape index (κ2) is 4.78. The van der Waals surface area contributed by atoms with Crippen LogP contribution in [-0.2, 0) is 10.2 Å². The first-order valence-corrected chi connectivity index (χ1v) is 6.72. The lowest BCUT2D eigenvalue weighted by atomic mass is 10.1. The molecule has 0 spiro atoms. The fourth-order valence-electron chi connectivity index (χ4n) is 1.94. The van der Waals surface area contributed by atoms with Crippen molar-refractivity contribution in [3.63, 3.8) is 0 Å². The number of nitrogens with two attached hydrogens (primary N) is 1. The van der Waals surface area contributed by atoms with Crippen LogP contribution in [0.1, 0.15) is 20.3 Å². The van der Waals surface area contributed by atoms with E-state index in [0.717, 1.165) is 6.42 Å². The molecule has 1 saturated heterocycles. The Hall–Kier alpha value is -0.170. The number of rotatable bonds is 3. The molecule has 0 aromatic carbocycles. The predicted molar refractivity (Wildman–Crippen MR) is 60.6 cm³/mol. The largest absolute Gasteiger partial charge is 0.330 e. The molecule has 0 aromatic heterocycles. The van der Waals surface area contributed by atoms with Gasteiger partial charge in [0.1, 0.15) is 0 Å². The molecule has 0 amide bonds. The summed E-state index contributed by atoms with van der Waals surface area (Å²) in [6, 6.07) is 0.0121. The van der Waals surface area contributed by atoms with Gasteiger partial charge in [-0.25, -0.2) is 0 Å². The lowest BCUT2D eigenvalue weighted by Gasteiger charge is -2.39. The normalized spacial score (nSPS) is 28.5. The van der Waals surface area contributed by atoms with Gasteiger partial charge in [0.2, 0.25) is 0 Å². The van der Waals surface area contributed by atoms with Crippen molar-refractivity contribution in [2.75, 3.05) is 26.7 Å². The van der Waals surface area contributed by atoms with Crippen molar-refractivity contribution in [2.24, 2.45) is 11.7 Å². The highest BCUT2D eigenvalue weighted by molar-refractivity contribution is 7.86. The Morgan fingerprint density at radius 3 is 2.47 bits per heavy atom. The molecule has 1 aliphatic heterocycles. The van der Waals surface area contributed by atoms with Gasteiger partial charge in [0.05, 0.1) is 0 Å². The van der Waals surface area contributed by atoms with Gasteiger partial charge in [-0.15, -0.1) is 0 Å². The van der Waals surface area contributed by atoms with Gasteiger partial charge in [0.25, 0.3) is 10.2 Å². The monoisotopic (exact) mass is 235 g/mol. The van der Waals surface area contributed by atoms with Crippen LogP contribution in [0, 0.1) is 5.92 Å². The topological polar surface area (TPSA) is 66.6 Å². The van der Waals surface area contributed by atoms with Crippen LogP contribution in [0.25, 0.3) is 0 Å². The maximum Gasteiger partial charge on any atom is 0.281 e. The van der Waals surface area contributed by atoms with Crippen molar-refractivity contribution in [3.8, 4) is 0 Å². The van der Waals surface area contributed by atoms with Crippen LogP contribution >= 0.6 is 0 Å². The quantitative estimate of drug-likeness (QED) is 0.740. The smallest absolute Gasteiger partial charge is 0.281 e. The van der Waals surface area contributed by atoms with Crippen molar-refractivity contribution in [2.45, 2.75) is 26.3 Å². The maximum absolute atomic E-state index is 11.9. The van der Waals surface area contributed by atoms with Gasteiger partial charge >= 0.3 is 0 Å². The van der Waals surface area contributed by atoms with Crippen molar-refractivity contribution in [1.82, 2.24) is 8.61 Å². The lowest BCUT2D eigenvalue weighted by molar-refractivity contribution is 0.211. The highest BCUT2D eigenvalue weighted by Crippen LogP contribution is 2.22. The fraction of sp³-hybridized carbons (Fsp3) is 1.00. The summed E-state index contributed by atoms with van der Waals surface area (Å²) in [5.41, 5.74) is 5.51. The van der Waals surface area contributed by atoms with Gasteiger partial charge in [0.15, 0.2) is 0 Å². The molecule has 1 atom stereocenters. The van der Waals surface area contributed by atoms with E-state index in [1.807, 2.05) is 13.8 Å². The predicted octanol–water partition coefficient (Wildman–Crippen LogP) is -0.148.